The Labute approximate surface area is 89.1 Å². The Balaban J connectivity index is 2.79. The fourth-order valence-corrected chi connectivity index (χ4v) is 1.29. The van der Waals surface area contributed by atoms with Crippen molar-refractivity contribution < 1.29 is 9.90 Å². The van der Waals surface area contributed by atoms with E-state index in [-0.39, 0.29) is 6.04 Å². The lowest BCUT2D eigenvalue weighted by Crippen LogP contribution is -2.26. The first kappa shape index (κ1) is 11.1. The molecule has 1 aromatic rings. The van der Waals surface area contributed by atoms with E-state index in [9.17, 15) is 4.79 Å². The summed E-state index contributed by atoms with van der Waals surface area (Å²) in [6.07, 6.45) is -0.533. The summed E-state index contributed by atoms with van der Waals surface area (Å²) in [4.78, 5) is 10.6. The number of carbonyl (C=O) groups is 1. The second-order valence-corrected chi connectivity index (χ2v) is 3.04. The molecule has 0 radical (unpaired) electrons. The van der Waals surface area contributed by atoms with Gasteiger partial charge in [0.25, 0.3) is 0 Å². The first-order chi connectivity index (χ1) is 7.24. The van der Waals surface area contributed by atoms with E-state index >= 15 is 0 Å². The molecule has 0 bridgehead atoms. The van der Waals surface area contributed by atoms with Crippen LogP contribution in [0.3, 0.4) is 0 Å². The minimum Gasteiger partial charge on any atom is -0.465 e. The van der Waals surface area contributed by atoms with Crippen LogP contribution >= 0.6 is 0 Å². The molecule has 15 heavy (non-hydrogen) atoms. The van der Waals surface area contributed by atoms with Crippen LogP contribution in [-0.4, -0.2) is 11.2 Å². The fourth-order valence-electron chi connectivity index (χ4n) is 1.29. The van der Waals surface area contributed by atoms with Gasteiger partial charge in [0.2, 0.25) is 0 Å². The van der Waals surface area contributed by atoms with Gasteiger partial charge in [0.1, 0.15) is 0 Å². The van der Waals surface area contributed by atoms with Crippen molar-refractivity contribution in [3.05, 3.63) is 35.9 Å². The molecule has 0 aliphatic carbocycles. The highest BCUT2D eigenvalue weighted by Gasteiger charge is 2.11. The number of rotatable bonds is 3. The van der Waals surface area contributed by atoms with Crippen LogP contribution in [0, 0.1) is 11.8 Å². The average molecular weight is 203 g/mol. The van der Waals surface area contributed by atoms with Crippen molar-refractivity contribution in [1.82, 2.24) is 5.32 Å². The summed E-state index contributed by atoms with van der Waals surface area (Å²) in [6.45, 7) is 1.74. The molecule has 0 saturated carbocycles. The minimum atomic E-state index is -1.03. The van der Waals surface area contributed by atoms with E-state index < -0.39 is 6.09 Å². The largest absolute Gasteiger partial charge is 0.465 e. The molecule has 0 aromatic heterocycles. The Kier molecular flexibility index (Phi) is 4.24. The summed E-state index contributed by atoms with van der Waals surface area (Å²) in [6, 6.07) is 9.18. The Morgan fingerprint density at radius 2 is 2.13 bits per heavy atom. The van der Waals surface area contributed by atoms with Crippen molar-refractivity contribution in [2.45, 2.75) is 19.4 Å². The first-order valence-electron chi connectivity index (χ1n) is 4.68. The predicted molar refractivity (Wildman–Crippen MR) is 58.4 cm³/mol. The predicted octanol–water partition coefficient (Wildman–Crippen LogP) is 2.41. The number of benzene rings is 1. The van der Waals surface area contributed by atoms with E-state index in [0.29, 0.717) is 6.42 Å². The summed E-state index contributed by atoms with van der Waals surface area (Å²) in [5.41, 5.74) is 0.933. The normalized spacial score (nSPS) is 11.0. The molecule has 2 N–H and O–H groups in total. The maximum Gasteiger partial charge on any atom is 0.405 e. The lowest BCUT2D eigenvalue weighted by molar-refractivity contribution is 0.190. The Morgan fingerprint density at radius 1 is 1.47 bits per heavy atom. The molecular formula is C12H13NO2. The van der Waals surface area contributed by atoms with Crippen LogP contribution < -0.4 is 5.32 Å². The number of hydrogen-bond donors (Lipinski definition) is 2. The topological polar surface area (TPSA) is 49.3 Å². The summed E-state index contributed by atoms with van der Waals surface area (Å²) in [7, 11) is 0. The van der Waals surface area contributed by atoms with E-state index in [0.717, 1.165) is 5.56 Å². The highest BCUT2D eigenvalue weighted by atomic mass is 16.4. The standard InChI is InChI=1S/C12H13NO2/c1-2-3-9-11(13-12(14)15)10-7-5-4-6-8-10/h4-8,11,13H,9H2,1H3,(H,14,15). The lowest BCUT2D eigenvalue weighted by Gasteiger charge is -2.14. The van der Waals surface area contributed by atoms with Crippen LogP contribution in [0.1, 0.15) is 24.9 Å². The second-order valence-electron chi connectivity index (χ2n) is 3.04. The minimum absolute atomic E-state index is 0.254. The van der Waals surface area contributed by atoms with Crippen molar-refractivity contribution >= 4 is 6.09 Å². The van der Waals surface area contributed by atoms with Crippen LogP contribution in [0.2, 0.25) is 0 Å². The molecule has 0 heterocycles. The molecule has 78 valence electrons. The van der Waals surface area contributed by atoms with Crippen LogP contribution in [0.25, 0.3) is 0 Å². The number of nitrogens with one attached hydrogen (secondary N) is 1. The van der Waals surface area contributed by atoms with E-state index in [4.69, 9.17) is 5.11 Å². The molecule has 0 saturated heterocycles. The van der Waals surface area contributed by atoms with Gasteiger partial charge in [-0.3, -0.25) is 0 Å². The average Bonchev–Trinajstić information content (AvgIpc) is 2.25. The van der Waals surface area contributed by atoms with Gasteiger partial charge in [-0.25, -0.2) is 4.79 Å². The smallest absolute Gasteiger partial charge is 0.405 e. The van der Waals surface area contributed by atoms with Crippen LogP contribution in [0.4, 0.5) is 4.79 Å². The lowest BCUT2D eigenvalue weighted by atomic mass is 10.0. The molecule has 1 rings (SSSR count). The third-order valence-corrected chi connectivity index (χ3v) is 1.98. The molecule has 0 aliphatic rings. The van der Waals surface area contributed by atoms with E-state index in [1.165, 1.54) is 0 Å². The molecule has 1 unspecified atom stereocenters. The third-order valence-electron chi connectivity index (χ3n) is 1.98. The Morgan fingerprint density at radius 3 is 2.67 bits per heavy atom. The zero-order valence-electron chi connectivity index (χ0n) is 8.53. The maximum atomic E-state index is 10.6. The SMILES string of the molecule is CC#CCC(NC(=O)O)c1ccccc1. The number of hydrogen-bond acceptors (Lipinski definition) is 1. The van der Waals surface area contributed by atoms with Gasteiger partial charge in [0, 0.05) is 6.42 Å². The summed E-state index contributed by atoms with van der Waals surface area (Å²) < 4.78 is 0. The van der Waals surface area contributed by atoms with Crippen molar-refractivity contribution in [2.24, 2.45) is 0 Å². The summed E-state index contributed by atoms with van der Waals surface area (Å²) >= 11 is 0. The molecule has 1 amide bonds. The monoisotopic (exact) mass is 203 g/mol. The van der Waals surface area contributed by atoms with Gasteiger partial charge in [-0.05, 0) is 12.5 Å². The zero-order chi connectivity index (χ0) is 11.1. The number of carboxylic acid groups (broad SMARTS) is 1. The molecular weight excluding hydrogens is 190 g/mol. The van der Waals surface area contributed by atoms with Crippen molar-refractivity contribution in [2.75, 3.05) is 0 Å². The molecule has 0 spiro atoms. The van der Waals surface area contributed by atoms with E-state index in [1.54, 1.807) is 6.92 Å². The maximum absolute atomic E-state index is 10.6. The molecule has 1 aromatic carbocycles. The second kappa shape index (κ2) is 5.71. The van der Waals surface area contributed by atoms with Gasteiger partial charge < -0.3 is 10.4 Å². The third kappa shape index (κ3) is 3.74. The Bertz CT molecular complexity index is 376. The first-order valence-corrected chi connectivity index (χ1v) is 4.68. The van der Waals surface area contributed by atoms with Gasteiger partial charge in [0.05, 0.1) is 6.04 Å². The molecule has 0 aliphatic heterocycles. The highest BCUT2D eigenvalue weighted by molar-refractivity contribution is 5.65. The fraction of sp³-hybridized carbons (Fsp3) is 0.250. The van der Waals surface area contributed by atoms with E-state index in [2.05, 4.69) is 17.2 Å². The van der Waals surface area contributed by atoms with Gasteiger partial charge in [0.15, 0.2) is 0 Å². The van der Waals surface area contributed by atoms with Crippen molar-refractivity contribution in [1.29, 1.82) is 0 Å². The van der Waals surface area contributed by atoms with Crippen molar-refractivity contribution in [3.8, 4) is 11.8 Å². The number of amides is 1. The van der Waals surface area contributed by atoms with Crippen LogP contribution in [0.5, 0.6) is 0 Å². The zero-order valence-corrected chi connectivity index (χ0v) is 8.53. The van der Waals surface area contributed by atoms with Gasteiger partial charge in [-0.2, -0.15) is 0 Å². The molecule has 1 atom stereocenters. The molecule has 3 heteroatoms. The summed E-state index contributed by atoms with van der Waals surface area (Å²) in [5, 5.41) is 11.1. The Hall–Kier alpha value is -1.95. The van der Waals surface area contributed by atoms with Crippen LogP contribution in [-0.2, 0) is 0 Å². The van der Waals surface area contributed by atoms with Gasteiger partial charge in [-0.15, -0.1) is 11.8 Å². The van der Waals surface area contributed by atoms with Crippen LogP contribution in [0.15, 0.2) is 30.3 Å². The highest BCUT2D eigenvalue weighted by Crippen LogP contribution is 2.15. The quantitative estimate of drug-likeness (QED) is 0.741. The molecule has 3 nitrogen and oxygen atoms in total. The van der Waals surface area contributed by atoms with E-state index in [1.807, 2.05) is 30.3 Å². The summed E-state index contributed by atoms with van der Waals surface area (Å²) in [5.74, 6) is 5.63. The van der Waals surface area contributed by atoms with Gasteiger partial charge >= 0.3 is 6.09 Å². The molecule has 0 fully saturated rings. The van der Waals surface area contributed by atoms with Crippen molar-refractivity contribution in [3.63, 3.8) is 0 Å². The van der Waals surface area contributed by atoms with Gasteiger partial charge in [-0.1, -0.05) is 30.3 Å².